The maximum absolute atomic E-state index is 4.55. The van der Waals surface area contributed by atoms with Gasteiger partial charge in [-0.1, -0.05) is 30.0 Å². The van der Waals surface area contributed by atoms with Crippen molar-refractivity contribution in [2.45, 2.75) is 32.1 Å². The number of thioether (sulfide) groups is 1. The minimum atomic E-state index is 0.345. The molecule has 2 nitrogen and oxygen atoms in total. The molecule has 0 spiro atoms. The van der Waals surface area contributed by atoms with E-state index in [-0.39, 0.29) is 0 Å². The number of fused-ring (bicyclic) bond motifs is 1. The van der Waals surface area contributed by atoms with Gasteiger partial charge in [0.1, 0.15) is 0 Å². The van der Waals surface area contributed by atoms with Crippen LogP contribution in [0, 0.1) is 0 Å². The fraction of sp³-hybridized carbons (Fsp3) is 0.417. The molecule has 1 atom stereocenters. The van der Waals surface area contributed by atoms with Gasteiger partial charge in [-0.25, -0.2) is 0 Å². The Kier molecular flexibility index (Phi) is 3.00. The Labute approximate surface area is 95.2 Å². The molecule has 1 aromatic carbocycles. The van der Waals surface area contributed by atoms with Gasteiger partial charge in [-0.15, -0.1) is 0 Å². The van der Waals surface area contributed by atoms with Crippen molar-refractivity contribution < 1.29 is 0 Å². The number of hydrogen-bond acceptors (Lipinski definition) is 2. The van der Waals surface area contributed by atoms with Crippen LogP contribution in [0.15, 0.2) is 29.3 Å². The smallest absolute Gasteiger partial charge is 0.161 e. The molecule has 15 heavy (non-hydrogen) atoms. The standard InChI is InChI=1S/C12H16N2S/c1-8(2)13-12-14-11-7-5-4-6-10(11)9(3)15-12/h4-9H,1-3H3,(H,13,14). The summed E-state index contributed by atoms with van der Waals surface area (Å²) in [7, 11) is 0. The predicted molar refractivity (Wildman–Crippen MR) is 68.6 cm³/mol. The lowest BCUT2D eigenvalue weighted by molar-refractivity contribution is 0.838. The maximum atomic E-state index is 4.55. The zero-order valence-corrected chi connectivity index (χ0v) is 10.1. The van der Waals surface area contributed by atoms with Gasteiger partial charge >= 0.3 is 0 Å². The second-order valence-electron chi connectivity index (χ2n) is 4.00. The van der Waals surface area contributed by atoms with Gasteiger partial charge in [-0.2, -0.15) is 0 Å². The number of benzene rings is 1. The number of para-hydroxylation sites is 1. The molecule has 0 saturated heterocycles. The van der Waals surface area contributed by atoms with E-state index in [1.165, 1.54) is 11.3 Å². The van der Waals surface area contributed by atoms with Crippen LogP contribution in [0.2, 0.25) is 0 Å². The minimum Gasteiger partial charge on any atom is -0.335 e. The Morgan fingerprint density at radius 1 is 1.33 bits per heavy atom. The topological polar surface area (TPSA) is 24.4 Å². The second kappa shape index (κ2) is 4.27. The number of hydrogen-bond donors (Lipinski definition) is 1. The Bertz CT molecular complexity index is 385. The van der Waals surface area contributed by atoms with E-state index in [0.717, 1.165) is 5.17 Å². The highest BCUT2D eigenvalue weighted by Crippen LogP contribution is 2.38. The van der Waals surface area contributed by atoms with Crippen molar-refractivity contribution in [2.24, 2.45) is 4.99 Å². The van der Waals surface area contributed by atoms with Crippen LogP contribution in [0.3, 0.4) is 0 Å². The van der Waals surface area contributed by atoms with Gasteiger partial charge < -0.3 is 5.32 Å². The fourth-order valence-electron chi connectivity index (χ4n) is 1.64. The minimum absolute atomic E-state index is 0.345. The van der Waals surface area contributed by atoms with E-state index in [9.17, 15) is 0 Å². The van der Waals surface area contributed by atoms with Gasteiger partial charge in [0.25, 0.3) is 0 Å². The molecule has 80 valence electrons. The molecule has 0 aromatic heterocycles. The van der Waals surface area contributed by atoms with Crippen molar-refractivity contribution in [3.8, 4) is 0 Å². The van der Waals surface area contributed by atoms with E-state index < -0.39 is 0 Å². The molecule has 0 radical (unpaired) electrons. The molecule has 1 heterocycles. The highest BCUT2D eigenvalue weighted by molar-refractivity contribution is 8.14. The lowest BCUT2D eigenvalue weighted by Gasteiger charge is -2.24. The van der Waals surface area contributed by atoms with Crippen molar-refractivity contribution in [1.82, 2.24) is 0 Å². The first-order valence-electron chi connectivity index (χ1n) is 5.27. The highest BCUT2D eigenvalue weighted by atomic mass is 32.2. The summed E-state index contributed by atoms with van der Waals surface area (Å²) < 4.78 is 0. The van der Waals surface area contributed by atoms with Gasteiger partial charge in [0.15, 0.2) is 5.17 Å². The monoisotopic (exact) mass is 220 g/mol. The van der Waals surface area contributed by atoms with Crippen LogP contribution in [0.4, 0.5) is 5.69 Å². The zero-order valence-electron chi connectivity index (χ0n) is 9.32. The van der Waals surface area contributed by atoms with E-state index in [0.29, 0.717) is 11.3 Å². The number of amidine groups is 1. The maximum Gasteiger partial charge on any atom is 0.161 e. The molecule has 2 rings (SSSR count). The molecule has 1 aromatic rings. The Hall–Kier alpha value is -0.960. The van der Waals surface area contributed by atoms with E-state index in [2.05, 4.69) is 55.3 Å². The molecule has 0 amide bonds. The van der Waals surface area contributed by atoms with Crippen molar-refractivity contribution in [1.29, 1.82) is 0 Å². The number of nitrogens with one attached hydrogen (secondary N) is 1. The Morgan fingerprint density at radius 2 is 2.07 bits per heavy atom. The van der Waals surface area contributed by atoms with Crippen molar-refractivity contribution in [3.05, 3.63) is 29.8 Å². The van der Waals surface area contributed by atoms with Crippen molar-refractivity contribution >= 4 is 22.6 Å². The molecular weight excluding hydrogens is 204 g/mol. The molecule has 0 bridgehead atoms. The van der Waals surface area contributed by atoms with Crippen LogP contribution < -0.4 is 5.32 Å². The number of anilines is 1. The largest absolute Gasteiger partial charge is 0.335 e. The normalized spacial score (nSPS) is 22.7. The van der Waals surface area contributed by atoms with Crippen LogP contribution in [0.25, 0.3) is 0 Å². The Morgan fingerprint density at radius 3 is 2.80 bits per heavy atom. The van der Waals surface area contributed by atoms with Crippen LogP contribution >= 0.6 is 11.8 Å². The molecule has 3 heteroatoms. The molecule has 1 N–H and O–H groups in total. The first kappa shape index (κ1) is 10.6. The number of nitrogens with zero attached hydrogens (tertiary/aromatic N) is 1. The van der Waals surface area contributed by atoms with Crippen molar-refractivity contribution in [3.63, 3.8) is 0 Å². The summed E-state index contributed by atoms with van der Waals surface area (Å²) in [6.45, 7) is 6.42. The predicted octanol–water partition coefficient (Wildman–Crippen LogP) is 3.67. The van der Waals surface area contributed by atoms with Gasteiger partial charge in [-0.05, 0) is 32.4 Å². The summed E-state index contributed by atoms with van der Waals surface area (Å²) in [5, 5.41) is 4.90. The zero-order chi connectivity index (χ0) is 10.8. The molecule has 1 aliphatic rings. The fourth-order valence-corrected chi connectivity index (χ4v) is 2.75. The lowest BCUT2D eigenvalue weighted by Crippen LogP contribution is -2.18. The molecule has 1 aliphatic heterocycles. The first-order chi connectivity index (χ1) is 7.16. The average Bonchev–Trinajstić information content (AvgIpc) is 2.16. The van der Waals surface area contributed by atoms with Crippen LogP contribution in [-0.2, 0) is 0 Å². The number of rotatable bonds is 1. The van der Waals surface area contributed by atoms with E-state index in [1.54, 1.807) is 11.8 Å². The number of aliphatic imine (C=N–C) groups is 1. The quantitative estimate of drug-likeness (QED) is 0.781. The van der Waals surface area contributed by atoms with Gasteiger partial charge in [0, 0.05) is 17.0 Å². The summed E-state index contributed by atoms with van der Waals surface area (Å²) >= 11 is 1.80. The Balaban J connectivity index is 2.30. The van der Waals surface area contributed by atoms with Crippen LogP contribution in [-0.4, -0.2) is 11.2 Å². The summed E-state index contributed by atoms with van der Waals surface area (Å²) in [4.78, 5) is 4.55. The summed E-state index contributed by atoms with van der Waals surface area (Å²) in [6, 6.07) is 8.77. The third kappa shape index (κ3) is 2.34. The summed E-state index contributed by atoms with van der Waals surface area (Å²) in [6.07, 6.45) is 0. The van der Waals surface area contributed by atoms with Crippen LogP contribution in [0.1, 0.15) is 31.6 Å². The summed E-state index contributed by atoms with van der Waals surface area (Å²) in [5.41, 5.74) is 2.56. The lowest BCUT2D eigenvalue weighted by atomic mass is 10.1. The van der Waals surface area contributed by atoms with Gasteiger partial charge in [0.05, 0.1) is 0 Å². The van der Waals surface area contributed by atoms with E-state index in [4.69, 9.17) is 0 Å². The summed E-state index contributed by atoms with van der Waals surface area (Å²) in [5.74, 6) is 0. The SMILES string of the molecule is CC(C)N=C1Nc2ccccc2C(C)S1. The molecule has 0 saturated carbocycles. The first-order valence-corrected chi connectivity index (χ1v) is 6.15. The van der Waals surface area contributed by atoms with Crippen molar-refractivity contribution in [2.75, 3.05) is 5.32 Å². The third-order valence-corrected chi connectivity index (χ3v) is 3.34. The van der Waals surface area contributed by atoms with Crippen LogP contribution in [0.5, 0.6) is 0 Å². The van der Waals surface area contributed by atoms with E-state index in [1.807, 2.05) is 0 Å². The van der Waals surface area contributed by atoms with E-state index >= 15 is 0 Å². The molecular formula is C12H16N2S. The average molecular weight is 220 g/mol. The molecule has 0 fully saturated rings. The second-order valence-corrected chi connectivity index (χ2v) is 5.33. The molecule has 1 unspecified atom stereocenters. The highest BCUT2D eigenvalue weighted by Gasteiger charge is 2.20. The third-order valence-electron chi connectivity index (χ3n) is 2.30. The van der Waals surface area contributed by atoms with Gasteiger partial charge in [-0.3, -0.25) is 4.99 Å². The molecule has 0 aliphatic carbocycles. The van der Waals surface area contributed by atoms with Gasteiger partial charge in [0.2, 0.25) is 0 Å².